The molecule has 0 aliphatic carbocycles. The summed E-state index contributed by atoms with van der Waals surface area (Å²) in [5, 5.41) is 7.01. The number of hydrogen-bond donors (Lipinski definition) is 1. The van der Waals surface area contributed by atoms with Crippen LogP contribution in [0.2, 0.25) is 0 Å². The summed E-state index contributed by atoms with van der Waals surface area (Å²) in [7, 11) is 0. The molecule has 0 aromatic carbocycles. The number of aryl methyl sites for hydroxylation is 1. The fourth-order valence-electron chi connectivity index (χ4n) is 1.83. The Bertz CT molecular complexity index is 358. The predicted octanol–water partition coefficient (Wildman–Crippen LogP) is 1.04. The zero-order valence-electron chi connectivity index (χ0n) is 11.6. The van der Waals surface area contributed by atoms with Gasteiger partial charge in [-0.2, -0.15) is 5.10 Å². The third-order valence-electron chi connectivity index (χ3n) is 3.09. The molecule has 0 saturated carbocycles. The molecule has 5 heteroatoms. The summed E-state index contributed by atoms with van der Waals surface area (Å²) in [6.07, 6.45) is 2.70. The Labute approximate surface area is 109 Å². The van der Waals surface area contributed by atoms with Gasteiger partial charge >= 0.3 is 0 Å². The molecule has 1 heterocycles. The molecule has 0 spiro atoms. The van der Waals surface area contributed by atoms with Crippen LogP contribution in [0.5, 0.6) is 0 Å². The van der Waals surface area contributed by atoms with Gasteiger partial charge in [-0.05, 0) is 39.0 Å². The minimum Gasteiger partial charge on any atom is -0.354 e. The molecule has 0 aliphatic rings. The van der Waals surface area contributed by atoms with E-state index in [-0.39, 0.29) is 5.91 Å². The number of hydrogen-bond acceptors (Lipinski definition) is 3. The molecule has 0 aliphatic heterocycles. The Kier molecular flexibility index (Phi) is 6.43. The van der Waals surface area contributed by atoms with E-state index in [2.05, 4.69) is 29.2 Å². The molecular formula is C13H24N4O. The van der Waals surface area contributed by atoms with Crippen molar-refractivity contribution < 1.29 is 4.79 Å². The molecule has 0 bridgehead atoms. The van der Waals surface area contributed by atoms with Crippen molar-refractivity contribution >= 4 is 5.91 Å². The summed E-state index contributed by atoms with van der Waals surface area (Å²) in [5.74, 6) is 0.0290. The third kappa shape index (κ3) is 4.87. The zero-order valence-corrected chi connectivity index (χ0v) is 11.6. The lowest BCUT2D eigenvalue weighted by molar-refractivity contribution is -0.121. The number of amides is 1. The van der Waals surface area contributed by atoms with Gasteiger partial charge < -0.3 is 10.2 Å². The zero-order chi connectivity index (χ0) is 13.4. The highest BCUT2D eigenvalue weighted by Gasteiger charge is 2.05. The number of nitrogens with one attached hydrogen (secondary N) is 1. The first-order valence-electron chi connectivity index (χ1n) is 6.64. The first-order valence-corrected chi connectivity index (χ1v) is 6.64. The van der Waals surface area contributed by atoms with Crippen LogP contribution in [0.1, 0.15) is 26.0 Å². The van der Waals surface area contributed by atoms with Crippen LogP contribution in [0.15, 0.2) is 12.3 Å². The lowest BCUT2D eigenvalue weighted by atomic mass is 10.3. The van der Waals surface area contributed by atoms with E-state index >= 15 is 0 Å². The van der Waals surface area contributed by atoms with Crippen molar-refractivity contribution in [2.75, 3.05) is 26.2 Å². The molecule has 102 valence electrons. The molecule has 1 aromatic heterocycles. The lowest BCUT2D eigenvalue weighted by Crippen LogP contribution is -2.32. The number of aromatic nitrogens is 2. The quantitative estimate of drug-likeness (QED) is 0.703. The third-order valence-corrected chi connectivity index (χ3v) is 3.09. The molecule has 0 fully saturated rings. The summed E-state index contributed by atoms with van der Waals surface area (Å²) in [5.41, 5.74) is 1.01. The number of nitrogens with zero attached hydrogens (tertiary/aromatic N) is 3. The van der Waals surface area contributed by atoms with Gasteiger partial charge in [0.05, 0.1) is 0 Å². The average molecular weight is 252 g/mol. The number of carbonyl (C=O) groups is 1. The lowest BCUT2D eigenvalue weighted by Gasteiger charge is -2.17. The maximum Gasteiger partial charge on any atom is 0.241 e. The second kappa shape index (κ2) is 7.87. The minimum absolute atomic E-state index is 0.0290. The van der Waals surface area contributed by atoms with Crippen LogP contribution in [-0.2, 0) is 11.3 Å². The molecule has 18 heavy (non-hydrogen) atoms. The second-order valence-electron chi connectivity index (χ2n) is 4.36. The van der Waals surface area contributed by atoms with Gasteiger partial charge in [0.25, 0.3) is 0 Å². The van der Waals surface area contributed by atoms with Crippen molar-refractivity contribution in [1.82, 2.24) is 20.0 Å². The van der Waals surface area contributed by atoms with Crippen molar-refractivity contribution in [1.29, 1.82) is 0 Å². The topological polar surface area (TPSA) is 50.2 Å². The largest absolute Gasteiger partial charge is 0.354 e. The van der Waals surface area contributed by atoms with Gasteiger partial charge in [-0.1, -0.05) is 13.8 Å². The Morgan fingerprint density at radius 3 is 2.72 bits per heavy atom. The fraction of sp³-hybridized carbons (Fsp3) is 0.692. The van der Waals surface area contributed by atoms with Crippen molar-refractivity contribution in [2.45, 2.75) is 33.7 Å². The summed E-state index contributed by atoms with van der Waals surface area (Å²) < 4.78 is 1.71. The second-order valence-corrected chi connectivity index (χ2v) is 4.36. The van der Waals surface area contributed by atoms with Crippen molar-refractivity contribution in [3.63, 3.8) is 0 Å². The Balaban J connectivity index is 2.16. The standard InChI is InChI=1S/C13H24N4O/c1-4-16(5-2)10-6-8-14-13(18)11-17-12(3)7-9-15-17/h7,9H,4-6,8,10-11H2,1-3H3,(H,14,18). The molecule has 0 radical (unpaired) electrons. The van der Waals surface area contributed by atoms with Crippen LogP contribution in [0, 0.1) is 6.92 Å². The molecule has 5 nitrogen and oxygen atoms in total. The first kappa shape index (κ1) is 14.7. The fourth-order valence-corrected chi connectivity index (χ4v) is 1.83. The van der Waals surface area contributed by atoms with Crippen LogP contribution < -0.4 is 5.32 Å². The average Bonchev–Trinajstić information content (AvgIpc) is 2.75. The Morgan fingerprint density at radius 1 is 1.44 bits per heavy atom. The van der Waals surface area contributed by atoms with E-state index in [1.807, 2.05) is 13.0 Å². The summed E-state index contributed by atoms with van der Waals surface area (Å²) in [6.45, 7) is 10.5. The molecule has 1 N–H and O–H groups in total. The Hall–Kier alpha value is -1.36. The Morgan fingerprint density at radius 2 is 2.17 bits per heavy atom. The minimum atomic E-state index is 0.0290. The summed E-state index contributed by atoms with van der Waals surface area (Å²) in [4.78, 5) is 14.0. The van der Waals surface area contributed by atoms with Gasteiger partial charge in [-0.25, -0.2) is 0 Å². The van der Waals surface area contributed by atoms with Crippen LogP contribution in [0.3, 0.4) is 0 Å². The maximum absolute atomic E-state index is 11.7. The van der Waals surface area contributed by atoms with Crippen LogP contribution in [0.4, 0.5) is 0 Å². The van der Waals surface area contributed by atoms with E-state index in [0.717, 1.165) is 38.3 Å². The van der Waals surface area contributed by atoms with Gasteiger partial charge in [-0.3, -0.25) is 9.48 Å². The molecular weight excluding hydrogens is 228 g/mol. The van der Waals surface area contributed by atoms with Crippen LogP contribution >= 0.6 is 0 Å². The first-order chi connectivity index (χ1) is 8.67. The molecule has 1 rings (SSSR count). The highest BCUT2D eigenvalue weighted by Crippen LogP contribution is 1.95. The van der Waals surface area contributed by atoms with E-state index in [4.69, 9.17) is 0 Å². The molecule has 0 atom stereocenters. The molecule has 0 unspecified atom stereocenters. The summed E-state index contributed by atoms with van der Waals surface area (Å²) >= 11 is 0. The number of carbonyl (C=O) groups excluding carboxylic acids is 1. The van der Waals surface area contributed by atoms with Gasteiger partial charge in [0.2, 0.25) is 5.91 Å². The summed E-state index contributed by atoms with van der Waals surface area (Å²) in [6, 6.07) is 1.90. The van der Waals surface area contributed by atoms with Crippen molar-refractivity contribution in [2.24, 2.45) is 0 Å². The van der Waals surface area contributed by atoms with Gasteiger partial charge in [0, 0.05) is 18.4 Å². The van der Waals surface area contributed by atoms with E-state index in [9.17, 15) is 4.79 Å². The van der Waals surface area contributed by atoms with Gasteiger partial charge in [-0.15, -0.1) is 0 Å². The van der Waals surface area contributed by atoms with Crippen LogP contribution in [0.25, 0.3) is 0 Å². The monoisotopic (exact) mass is 252 g/mol. The SMILES string of the molecule is CCN(CC)CCCNC(=O)Cn1nccc1C. The van der Waals surface area contributed by atoms with E-state index in [0.29, 0.717) is 6.54 Å². The van der Waals surface area contributed by atoms with Crippen LogP contribution in [-0.4, -0.2) is 46.8 Å². The number of rotatable bonds is 8. The molecule has 1 aromatic rings. The van der Waals surface area contributed by atoms with E-state index < -0.39 is 0 Å². The predicted molar refractivity (Wildman–Crippen MR) is 72.4 cm³/mol. The highest BCUT2D eigenvalue weighted by molar-refractivity contribution is 5.75. The van der Waals surface area contributed by atoms with E-state index in [1.54, 1.807) is 10.9 Å². The smallest absolute Gasteiger partial charge is 0.241 e. The normalized spacial score (nSPS) is 10.9. The molecule has 1 amide bonds. The van der Waals surface area contributed by atoms with Gasteiger partial charge in [0.1, 0.15) is 6.54 Å². The van der Waals surface area contributed by atoms with Crippen molar-refractivity contribution in [3.8, 4) is 0 Å². The van der Waals surface area contributed by atoms with Crippen molar-refractivity contribution in [3.05, 3.63) is 18.0 Å². The maximum atomic E-state index is 11.7. The molecule has 0 saturated heterocycles. The van der Waals surface area contributed by atoms with Gasteiger partial charge in [0.15, 0.2) is 0 Å². The highest BCUT2D eigenvalue weighted by atomic mass is 16.2. The van der Waals surface area contributed by atoms with E-state index in [1.165, 1.54) is 0 Å².